The number of hydrogen-bond donors (Lipinski definition) is 1. The van der Waals surface area contributed by atoms with Crippen molar-refractivity contribution in [1.82, 2.24) is 9.55 Å². The number of rotatable bonds is 5. The monoisotopic (exact) mass is 359 g/mol. The van der Waals surface area contributed by atoms with Gasteiger partial charge < -0.3 is 10.1 Å². The number of anilines is 1. The molecule has 1 heterocycles. The standard InChI is InChI=1S/C18H15F2N3O3/c1-11-6-7-13-12(8-11)17(25)23(10-21-13)9-16(24)22-14-4-2-3-5-15(14)26-18(19)20/h2-8,10,18H,9H2,1H3,(H,22,24). The molecular formula is C18H15F2N3O3. The van der Waals surface area contributed by atoms with Crippen LogP contribution in [-0.2, 0) is 11.3 Å². The van der Waals surface area contributed by atoms with Crippen molar-refractivity contribution in [3.05, 3.63) is 64.7 Å². The first-order valence-corrected chi connectivity index (χ1v) is 7.73. The Morgan fingerprint density at radius 3 is 2.81 bits per heavy atom. The lowest BCUT2D eigenvalue weighted by Crippen LogP contribution is -2.28. The van der Waals surface area contributed by atoms with Crippen molar-refractivity contribution in [2.45, 2.75) is 20.1 Å². The fraction of sp³-hybridized carbons (Fsp3) is 0.167. The van der Waals surface area contributed by atoms with Crippen LogP contribution in [0.5, 0.6) is 5.75 Å². The molecule has 6 nitrogen and oxygen atoms in total. The number of aryl methyl sites for hydroxylation is 1. The molecule has 1 N–H and O–H groups in total. The Kier molecular flexibility index (Phi) is 4.92. The van der Waals surface area contributed by atoms with Crippen LogP contribution in [0, 0.1) is 6.92 Å². The summed E-state index contributed by atoms with van der Waals surface area (Å²) >= 11 is 0. The van der Waals surface area contributed by atoms with Gasteiger partial charge in [-0.3, -0.25) is 14.2 Å². The minimum atomic E-state index is -3.01. The van der Waals surface area contributed by atoms with Gasteiger partial charge in [-0.15, -0.1) is 0 Å². The van der Waals surface area contributed by atoms with Crippen molar-refractivity contribution in [2.24, 2.45) is 0 Å². The van der Waals surface area contributed by atoms with E-state index in [-0.39, 0.29) is 23.5 Å². The lowest BCUT2D eigenvalue weighted by atomic mass is 10.2. The molecule has 2 aromatic carbocycles. The van der Waals surface area contributed by atoms with E-state index in [1.807, 2.05) is 13.0 Å². The highest BCUT2D eigenvalue weighted by atomic mass is 19.3. The minimum Gasteiger partial charge on any atom is -0.433 e. The third-order valence-corrected chi connectivity index (χ3v) is 3.67. The number of amides is 1. The van der Waals surface area contributed by atoms with Gasteiger partial charge in [-0.25, -0.2) is 4.98 Å². The molecule has 0 aliphatic carbocycles. The van der Waals surface area contributed by atoms with Crippen molar-refractivity contribution in [3.63, 3.8) is 0 Å². The van der Waals surface area contributed by atoms with E-state index in [4.69, 9.17) is 0 Å². The third-order valence-electron chi connectivity index (χ3n) is 3.67. The molecule has 0 spiro atoms. The second-order valence-electron chi connectivity index (χ2n) is 5.62. The average molecular weight is 359 g/mol. The average Bonchev–Trinajstić information content (AvgIpc) is 2.59. The van der Waals surface area contributed by atoms with Gasteiger partial charge in [0.2, 0.25) is 5.91 Å². The molecule has 134 valence electrons. The number of fused-ring (bicyclic) bond motifs is 1. The Hall–Kier alpha value is -3.29. The third kappa shape index (κ3) is 3.85. The number of carbonyl (C=O) groups excluding carboxylic acids is 1. The molecule has 0 saturated heterocycles. The number of alkyl halides is 2. The van der Waals surface area contributed by atoms with Gasteiger partial charge >= 0.3 is 6.61 Å². The molecule has 0 saturated carbocycles. The zero-order valence-corrected chi connectivity index (χ0v) is 13.8. The SMILES string of the molecule is Cc1ccc2ncn(CC(=O)Nc3ccccc3OC(F)F)c(=O)c2c1. The normalized spacial score (nSPS) is 10.9. The van der Waals surface area contributed by atoms with Crippen molar-refractivity contribution >= 4 is 22.5 Å². The van der Waals surface area contributed by atoms with Gasteiger partial charge in [-0.2, -0.15) is 8.78 Å². The predicted octanol–water partition coefficient (Wildman–Crippen LogP) is 2.95. The predicted molar refractivity (Wildman–Crippen MR) is 92.4 cm³/mol. The molecule has 0 atom stereocenters. The molecular weight excluding hydrogens is 344 g/mol. The highest BCUT2D eigenvalue weighted by molar-refractivity contribution is 5.92. The van der Waals surface area contributed by atoms with E-state index < -0.39 is 12.5 Å². The number of halogens is 2. The number of aromatic nitrogens is 2. The Bertz CT molecular complexity index is 1020. The molecule has 0 aliphatic heterocycles. The molecule has 1 aromatic heterocycles. The fourth-order valence-corrected chi connectivity index (χ4v) is 2.50. The lowest BCUT2D eigenvalue weighted by molar-refractivity contribution is -0.116. The number of hydrogen-bond acceptors (Lipinski definition) is 4. The van der Waals surface area contributed by atoms with Crippen LogP contribution in [0.1, 0.15) is 5.56 Å². The van der Waals surface area contributed by atoms with Crippen LogP contribution < -0.4 is 15.6 Å². The van der Waals surface area contributed by atoms with E-state index in [2.05, 4.69) is 15.0 Å². The first-order valence-electron chi connectivity index (χ1n) is 7.73. The van der Waals surface area contributed by atoms with Crippen molar-refractivity contribution in [1.29, 1.82) is 0 Å². The van der Waals surface area contributed by atoms with Crippen LogP contribution in [0.3, 0.4) is 0 Å². The first kappa shape index (κ1) is 17.5. The van der Waals surface area contributed by atoms with E-state index in [0.717, 1.165) is 10.1 Å². The highest BCUT2D eigenvalue weighted by Gasteiger charge is 2.13. The van der Waals surface area contributed by atoms with Gasteiger partial charge in [-0.05, 0) is 31.2 Å². The number of ether oxygens (including phenoxy) is 1. The van der Waals surface area contributed by atoms with Gasteiger partial charge in [-0.1, -0.05) is 23.8 Å². The maximum absolute atomic E-state index is 12.5. The van der Waals surface area contributed by atoms with Crippen molar-refractivity contribution in [3.8, 4) is 5.75 Å². The molecule has 3 aromatic rings. The number of nitrogens with zero attached hydrogens (tertiary/aromatic N) is 2. The summed E-state index contributed by atoms with van der Waals surface area (Å²) in [6, 6.07) is 11.1. The zero-order valence-electron chi connectivity index (χ0n) is 13.8. The molecule has 0 fully saturated rings. The Balaban J connectivity index is 1.82. The van der Waals surface area contributed by atoms with E-state index in [0.29, 0.717) is 10.9 Å². The van der Waals surface area contributed by atoms with E-state index in [1.165, 1.54) is 24.5 Å². The summed E-state index contributed by atoms with van der Waals surface area (Å²) in [4.78, 5) is 28.9. The lowest BCUT2D eigenvalue weighted by Gasteiger charge is -2.12. The summed E-state index contributed by atoms with van der Waals surface area (Å²) in [5.41, 5.74) is 1.17. The second-order valence-corrected chi connectivity index (χ2v) is 5.62. The van der Waals surface area contributed by atoms with Gasteiger partial charge in [0, 0.05) is 0 Å². The smallest absolute Gasteiger partial charge is 0.387 e. The summed E-state index contributed by atoms with van der Waals surface area (Å²) in [6.45, 7) is -1.47. The first-order chi connectivity index (χ1) is 12.4. The number of nitrogens with one attached hydrogen (secondary N) is 1. The Morgan fingerprint density at radius 2 is 2.04 bits per heavy atom. The van der Waals surface area contributed by atoms with Gasteiger partial charge in [0.15, 0.2) is 0 Å². The summed E-state index contributed by atoms with van der Waals surface area (Å²) in [5, 5.41) is 2.87. The molecule has 3 rings (SSSR count). The Morgan fingerprint density at radius 1 is 1.27 bits per heavy atom. The number of carbonyl (C=O) groups is 1. The van der Waals surface area contributed by atoms with E-state index in [9.17, 15) is 18.4 Å². The minimum absolute atomic E-state index is 0.0930. The molecule has 1 amide bonds. The molecule has 0 bridgehead atoms. The number of para-hydroxylation sites is 2. The van der Waals surface area contributed by atoms with E-state index in [1.54, 1.807) is 18.2 Å². The maximum atomic E-state index is 12.5. The molecule has 0 aliphatic rings. The molecule has 8 heteroatoms. The van der Waals surface area contributed by atoms with Crippen molar-refractivity contribution < 1.29 is 18.3 Å². The van der Waals surface area contributed by atoms with Crippen LogP contribution in [0.4, 0.5) is 14.5 Å². The van der Waals surface area contributed by atoms with Crippen LogP contribution in [-0.4, -0.2) is 22.1 Å². The summed E-state index contributed by atoms with van der Waals surface area (Å²) in [5.74, 6) is -0.721. The molecule has 26 heavy (non-hydrogen) atoms. The van der Waals surface area contributed by atoms with Crippen molar-refractivity contribution in [2.75, 3.05) is 5.32 Å². The largest absolute Gasteiger partial charge is 0.433 e. The second kappa shape index (κ2) is 7.30. The summed E-state index contributed by atoms with van der Waals surface area (Å²) < 4.78 is 30.4. The van der Waals surface area contributed by atoms with E-state index >= 15 is 0 Å². The van der Waals surface area contributed by atoms with Crippen LogP contribution in [0.15, 0.2) is 53.6 Å². The maximum Gasteiger partial charge on any atom is 0.387 e. The topological polar surface area (TPSA) is 73.2 Å². The van der Waals surface area contributed by atoms with Gasteiger partial charge in [0.25, 0.3) is 5.56 Å². The van der Waals surface area contributed by atoms with Crippen LogP contribution in [0.2, 0.25) is 0 Å². The fourth-order valence-electron chi connectivity index (χ4n) is 2.50. The molecule has 0 unspecified atom stereocenters. The van der Waals surface area contributed by atoms with Crippen LogP contribution >= 0.6 is 0 Å². The summed E-state index contributed by atoms with van der Waals surface area (Å²) in [6.07, 6.45) is 1.28. The number of benzene rings is 2. The zero-order chi connectivity index (χ0) is 18.7. The Labute approximate surface area is 147 Å². The molecule has 0 radical (unpaired) electrons. The quantitative estimate of drug-likeness (QED) is 0.760. The highest BCUT2D eigenvalue weighted by Crippen LogP contribution is 2.25. The van der Waals surface area contributed by atoms with Gasteiger partial charge in [0.1, 0.15) is 12.3 Å². The van der Waals surface area contributed by atoms with Gasteiger partial charge in [0.05, 0.1) is 22.9 Å². The summed E-state index contributed by atoms with van der Waals surface area (Å²) in [7, 11) is 0. The van der Waals surface area contributed by atoms with Crippen LogP contribution in [0.25, 0.3) is 10.9 Å².